The number of aryl methyl sites for hydroxylation is 2. The lowest BCUT2D eigenvalue weighted by Gasteiger charge is -2.27. The molecule has 1 aromatic carbocycles. The zero-order valence-corrected chi connectivity index (χ0v) is 15.6. The first kappa shape index (κ1) is 19.3. The van der Waals surface area contributed by atoms with E-state index in [0.717, 1.165) is 11.4 Å². The van der Waals surface area contributed by atoms with Crippen LogP contribution in [0.5, 0.6) is 0 Å². The van der Waals surface area contributed by atoms with E-state index in [-0.39, 0.29) is 11.5 Å². The molecule has 0 aliphatic heterocycles. The fourth-order valence-electron chi connectivity index (χ4n) is 2.20. The van der Waals surface area contributed by atoms with Gasteiger partial charge in [-0.1, -0.05) is 13.8 Å². The number of ether oxygens (including phenoxy) is 1. The average molecular weight is 354 g/mol. The van der Waals surface area contributed by atoms with Crippen LogP contribution in [0.3, 0.4) is 0 Å². The minimum atomic E-state index is -1.02. The van der Waals surface area contributed by atoms with Gasteiger partial charge in [-0.3, -0.25) is 4.79 Å². The van der Waals surface area contributed by atoms with Crippen molar-refractivity contribution in [1.82, 2.24) is 15.3 Å². The molecule has 1 N–H and O–H groups in total. The van der Waals surface area contributed by atoms with E-state index in [2.05, 4.69) is 21.4 Å². The molecule has 0 saturated heterocycles. The van der Waals surface area contributed by atoms with Gasteiger partial charge < -0.3 is 10.1 Å². The van der Waals surface area contributed by atoms with Crippen molar-refractivity contribution in [3.8, 4) is 6.07 Å². The molecule has 136 valence electrons. The summed E-state index contributed by atoms with van der Waals surface area (Å²) in [4.78, 5) is 33.0. The van der Waals surface area contributed by atoms with Gasteiger partial charge in [0.15, 0.2) is 6.61 Å². The zero-order valence-electron chi connectivity index (χ0n) is 15.6. The highest BCUT2D eigenvalue weighted by Gasteiger charge is 2.30. The maximum atomic E-state index is 12.2. The minimum absolute atomic E-state index is 0.0853. The number of nitrogens with one attached hydrogen (secondary N) is 1. The van der Waals surface area contributed by atoms with E-state index in [9.17, 15) is 14.9 Å². The van der Waals surface area contributed by atoms with Crippen molar-refractivity contribution in [3.63, 3.8) is 0 Å². The van der Waals surface area contributed by atoms with Gasteiger partial charge in [0.05, 0.1) is 34.1 Å². The Morgan fingerprint density at radius 2 is 1.85 bits per heavy atom. The zero-order chi connectivity index (χ0) is 19.5. The summed E-state index contributed by atoms with van der Waals surface area (Å²) in [5.74, 6) is -1.24. The maximum Gasteiger partial charge on any atom is 0.338 e. The number of hydrogen-bond donors (Lipinski definition) is 1. The van der Waals surface area contributed by atoms with Gasteiger partial charge in [0.25, 0.3) is 5.91 Å². The van der Waals surface area contributed by atoms with Crippen molar-refractivity contribution in [2.75, 3.05) is 6.61 Å². The van der Waals surface area contributed by atoms with Crippen LogP contribution in [0.1, 0.15) is 42.5 Å². The molecule has 0 radical (unpaired) electrons. The average Bonchev–Trinajstić information content (AvgIpc) is 2.60. The topological polar surface area (TPSA) is 105 Å². The number of amides is 1. The molecule has 7 heteroatoms. The van der Waals surface area contributed by atoms with Crippen LogP contribution in [0.15, 0.2) is 18.2 Å². The number of fused-ring (bicyclic) bond motifs is 1. The number of nitrogens with zero attached hydrogens (tertiary/aromatic N) is 3. The molecular formula is C19H22N4O3. The van der Waals surface area contributed by atoms with E-state index >= 15 is 0 Å². The molecule has 0 saturated carbocycles. The van der Waals surface area contributed by atoms with E-state index in [0.29, 0.717) is 11.0 Å². The predicted molar refractivity (Wildman–Crippen MR) is 96.3 cm³/mol. The number of benzene rings is 1. The Bertz CT molecular complexity index is 902. The Hall–Kier alpha value is -3.01. The SMILES string of the molecule is Cc1nc2ccc(C(=O)OCC(=O)NC(C)(C#N)C(C)C)cc2nc1C. The molecule has 0 spiro atoms. The molecule has 26 heavy (non-hydrogen) atoms. The summed E-state index contributed by atoms with van der Waals surface area (Å²) in [7, 11) is 0. The summed E-state index contributed by atoms with van der Waals surface area (Å²) in [6.07, 6.45) is 0. The van der Waals surface area contributed by atoms with E-state index < -0.39 is 24.0 Å². The van der Waals surface area contributed by atoms with Crippen molar-refractivity contribution >= 4 is 22.9 Å². The van der Waals surface area contributed by atoms with Crippen molar-refractivity contribution in [3.05, 3.63) is 35.2 Å². The number of hydrogen-bond acceptors (Lipinski definition) is 6. The fraction of sp³-hybridized carbons (Fsp3) is 0.421. The van der Waals surface area contributed by atoms with Crippen molar-refractivity contribution in [2.45, 2.75) is 40.2 Å². The second-order valence-electron chi connectivity index (χ2n) is 6.69. The molecule has 7 nitrogen and oxygen atoms in total. The number of esters is 1. The third-order valence-corrected chi connectivity index (χ3v) is 4.43. The van der Waals surface area contributed by atoms with Gasteiger partial charge in [0.1, 0.15) is 5.54 Å². The molecule has 1 unspecified atom stereocenters. The molecule has 2 rings (SSSR count). The first-order valence-electron chi connectivity index (χ1n) is 8.30. The maximum absolute atomic E-state index is 12.2. The van der Waals surface area contributed by atoms with Crippen LogP contribution in [-0.2, 0) is 9.53 Å². The standard InChI is InChI=1S/C19H22N4O3/c1-11(2)19(5,10-20)23-17(24)9-26-18(25)14-6-7-15-16(8-14)22-13(4)12(3)21-15/h6-8,11H,9H2,1-5H3,(H,23,24). The summed E-state index contributed by atoms with van der Waals surface area (Å²) < 4.78 is 5.05. The lowest BCUT2D eigenvalue weighted by Crippen LogP contribution is -2.50. The van der Waals surface area contributed by atoms with Crippen molar-refractivity contribution in [2.24, 2.45) is 5.92 Å². The van der Waals surface area contributed by atoms with Crippen LogP contribution in [0.25, 0.3) is 11.0 Å². The molecular weight excluding hydrogens is 332 g/mol. The minimum Gasteiger partial charge on any atom is -0.452 e. The van der Waals surface area contributed by atoms with E-state index in [4.69, 9.17) is 4.74 Å². The Morgan fingerprint density at radius 1 is 1.23 bits per heavy atom. The number of carbonyl (C=O) groups is 2. The Morgan fingerprint density at radius 3 is 2.42 bits per heavy atom. The molecule has 0 bridgehead atoms. The number of rotatable bonds is 5. The quantitative estimate of drug-likeness (QED) is 0.827. The molecule has 1 amide bonds. The van der Waals surface area contributed by atoms with Crippen molar-refractivity contribution in [1.29, 1.82) is 5.26 Å². The molecule has 0 aliphatic rings. The van der Waals surface area contributed by atoms with Gasteiger partial charge in [-0.2, -0.15) is 5.26 Å². The van der Waals surface area contributed by atoms with Crippen LogP contribution in [0, 0.1) is 31.1 Å². The van der Waals surface area contributed by atoms with Crippen LogP contribution >= 0.6 is 0 Å². The lowest BCUT2D eigenvalue weighted by atomic mass is 9.90. The van der Waals surface area contributed by atoms with Gasteiger partial charge in [-0.25, -0.2) is 14.8 Å². The fourth-order valence-corrected chi connectivity index (χ4v) is 2.20. The summed E-state index contributed by atoms with van der Waals surface area (Å²) in [6, 6.07) is 6.93. The second kappa shape index (κ2) is 7.48. The van der Waals surface area contributed by atoms with Crippen LogP contribution in [-0.4, -0.2) is 34.0 Å². The third-order valence-electron chi connectivity index (χ3n) is 4.43. The van der Waals surface area contributed by atoms with E-state index in [1.165, 1.54) is 0 Å². The first-order valence-corrected chi connectivity index (χ1v) is 8.30. The smallest absolute Gasteiger partial charge is 0.338 e. The van der Waals surface area contributed by atoms with E-state index in [1.807, 2.05) is 27.7 Å². The Kier molecular flexibility index (Phi) is 5.56. The van der Waals surface area contributed by atoms with E-state index in [1.54, 1.807) is 25.1 Å². The van der Waals surface area contributed by atoms with Gasteiger partial charge >= 0.3 is 5.97 Å². The molecule has 0 fully saturated rings. The highest BCUT2D eigenvalue weighted by atomic mass is 16.5. The summed E-state index contributed by atoms with van der Waals surface area (Å²) in [6.45, 7) is 8.54. The first-order chi connectivity index (χ1) is 12.2. The Labute approximate surface area is 152 Å². The van der Waals surface area contributed by atoms with Crippen molar-refractivity contribution < 1.29 is 14.3 Å². The van der Waals surface area contributed by atoms with Crippen LogP contribution < -0.4 is 5.32 Å². The molecule has 2 aromatic rings. The van der Waals surface area contributed by atoms with Gasteiger partial charge in [0.2, 0.25) is 0 Å². The molecule has 0 aliphatic carbocycles. The lowest BCUT2D eigenvalue weighted by molar-refractivity contribution is -0.125. The number of aromatic nitrogens is 2. The normalized spacial score (nSPS) is 13.1. The third kappa shape index (κ3) is 4.14. The molecule has 1 heterocycles. The molecule has 1 atom stereocenters. The van der Waals surface area contributed by atoms with Crippen LogP contribution in [0.2, 0.25) is 0 Å². The summed E-state index contributed by atoms with van der Waals surface area (Å²) in [5.41, 5.74) is 2.15. The second-order valence-corrected chi connectivity index (χ2v) is 6.69. The Balaban J connectivity index is 2.06. The van der Waals surface area contributed by atoms with Gasteiger partial charge in [-0.05, 0) is 44.9 Å². The largest absolute Gasteiger partial charge is 0.452 e. The van der Waals surface area contributed by atoms with Gasteiger partial charge in [-0.15, -0.1) is 0 Å². The number of carbonyl (C=O) groups excluding carboxylic acids is 2. The summed E-state index contributed by atoms with van der Waals surface area (Å²) >= 11 is 0. The van der Waals surface area contributed by atoms with Crippen LogP contribution in [0.4, 0.5) is 0 Å². The predicted octanol–water partition coefficient (Wildman–Crippen LogP) is 2.46. The highest BCUT2D eigenvalue weighted by Crippen LogP contribution is 2.16. The van der Waals surface area contributed by atoms with Gasteiger partial charge in [0, 0.05) is 0 Å². The number of nitriles is 1. The highest BCUT2D eigenvalue weighted by molar-refractivity contribution is 5.94. The molecule has 1 aromatic heterocycles. The monoisotopic (exact) mass is 354 g/mol. The summed E-state index contributed by atoms with van der Waals surface area (Å²) in [5, 5.41) is 11.8.